The monoisotopic (exact) mass is 916 g/mol. The number of sulfonamides is 1. The summed E-state index contributed by atoms with van der Waals surface area (Å²) < 4.78 is 53.8. The molecule has 4 heterocycles. The highest BCUT2D eigenvalue weighted by molar-refractivity contribution is 7.98. The van der Waals surface area contributed by atoms with E-state index in [-0.39, 0.29) is 28.3 Å². The number of piperazine rings is 1. The Balaban J connectivity index is 0.995. The van der Waals surface area contributed by atoms with E-state index >= 15 is 0 Å². The number of aromatic amines is 1. The number of nitro groups is 1. The molecule has 1 aliphatic carbocycles. The van der Waals surface area contributed by atoms with Crippen LogP contribution >= 0.6 is 11.6 Å². The van der Waals surface area contributed by atoms with Crippen molar-refractivity contribution in [3.63, 3.8) is 0 Å². The van der Waals surface area contributed by atoms with E-state index in [9.17, 15) is 27.9 Å². The molecular formula is C45H53ClN8O7S2. The van der Waals surface area contributed by atoms with Crippen molar-refractivity contribution in [2.45, 2.75) is 50.8 Å². The zero-order valence-electron chi connectivity index (χ0n) is 35.3. The second kappa shape index (κ2) is 18.0. The van der Waals surface area contributed by atoms with Gasteiger partial charge in [0.1, 0.15) is 22.8 Å². The number of thiol groups is 1. The Labute approximate surface area is 373 Å². The quantitative estimate of drug-likeness (QED) is 0.0374. The number of nitro benzene ring substituents is 1. The molecule has 0 unspecified atom stereocenters. The van der Waals surface area contributed by atoms with E-state index in [4.69, 9.17) is 21.1 Å². The van der Waals surface area contributed by atoms with E-state index in [1.807, 2.05) is 18.2 Å². The standard InChI is InChI=1S/C45H53ClN8O7S2/c1-45(2)15-11-33(39(26-45)31-3-5-34(46)6-4-31)29-52-17-19-53(20-18-52)35-7-9-38(42(24-35)61-36-23-32-12-16-48-43(32)50-28-36)44(55)51-63(59,60)37-8-10-40(41(25-37)54(56)57)49-27-30-13-21-62(47,58)22-14-30/h3-10,12,16,23-25,28,30,49,62H,11,13-15,17-22,26-27,29H2,1-2H3,(H2,47,58)(H,48,50)(H,51,55). The Morgan fingerprint density at radius 1 is 1.06 bits per heavy atom. The number of fused-ring (bicyclic) bond motifs is 1. The minimum atomic E-state index is -4.59. The normalized spacial score (nSPS) is 19.7. The Bertz CT molecular complexity index is 2720. The molecule has 63 heavy (non-hydrogen) atoms. The molecule has 2 saturated heterocycles. The van der Waals surface area contributed by atoms with Gasteiger partial charge in [-0.15, -0.1) is 10.1 Å². The zero-order chi connectivity index (χ0) is 44.5. The van der Waals surface area contributed by atoms with Crippen LogP contribution in [0.4, 0.5) is 17.1 Å². The Kier molecular flexibility index (Phi) is 12.7. The summed E-state index contributed by atoms with van der Waals surface area (Å²) in [4.78, 5) is 37.1. The van der Waals surface area contributed by atoms with Gasteiger partial charge >= 0.3 is 0 Å². The minimum absolute atomic E-state index is 0.0562. The number of rotatable bonds is 13. The molecule has 2 fully saturated rings. The topological polar surface area (TPSA) is 207 Å². The zero-order valence-corrected chi connectivity index (χ0v) is 37.7. The number of nitrogens with one attached hydrogen (secondary N) is 4. The van der Waals surface area contributed by atoms with Gasteiger partial charge < -0.3 is 24.5 Å². The molecule has 0 bridgehead atoms. The second-order valence-electron chi connectivity index (χ2n) is 17.6. The Morgan fingerprint density at radius 3 is 2.54 bits per heavy atom. The summed E-state index contributed by atoms with van der Waals surface area (Å²) in [7, 11) is -7.21. The highest BCUT2D eigenvalue weighted by atomic mass is 35.5. The Morgan fingerprint density at radius 2 is 1.81 bits per heavy atom. The average molecular weight is 918 g/mol. The predicted octanol–water partition coefficient (Wildman–Crippen LogP) is 8.76. The molecule has 0 spiro atoms. The highest BCUT2D eigenvalue weighted by Crippen LogP contribution is 2.43. The van der Waals surface area contributed by atoms with Gasteiger partial charge in [-0.25, -0.2) is 18.1 Å². The SMILES string of the molecule is CC1(C)CCC(CN2CCN(c3ccc(C(=O)NS(=O)(=O)c4ccc(NCC5CC[SH](=N)(O)CC5)c([N+](=O)[O-])c4)c(Oc4cnc5[nH]ccc5c4)c3)CC2)=C(c2ccc(Cl)cc2)C1. The fraction of sp³-hybridized carbons (Fsp3) is 0.378. The molecule has 15 nitrogen and oxygen atoms in total. The molecule has 2 aromatic heterocycles. The maximum Gasteiger partial charge on any atom is 0.293 e. The third-order valence-corrected chi connectivity index (χ3v) is 16.0. The van der Waals surface area contributed by atoms with Crippen molar-refractivity contribution in [1.29, 1.82) is 4.78 Å². The van der Waals surface area contributed by atoms with Gasteiger partial charge in [0.2, 0.25) is 0 Å². The van der Waals surface area contributed by atoms with Crippen molar-refractivity contribution in [3.05, 3.63) is 117 Å². The van der Waals surface area contributed by atoms with Gasteiger partial charge in [0.05, 0.1) is 21.6 Å². The number of carbonyl (C=O) groups is 1. The van der Waals surface area contributed by atoms with Crippen LogP contribution in [0.3, 0.4) is 0 Å². The molecule has 334 valence electrons. The number of hydrogen-bond donors (Lipinski definition) is 6. The first-order valence-corrected chi connectivity index (χ1v) is 25.1. The van der Waals surface area contributed by atoms with E-state index in [2.05, 4.69) is 55.8 Å². The van der Waals surface area contributed by atoms with E-state index < -0.39 is 41.5 Å². The molecule has 5 N–H and O–H groups in total. The molecule has 2 aliphatic heterocycles. The lowest BCUT2D eigenvalue weighted by Crippen LogP contribution is -2.47. The maximum atomic E-state index is 13.9. The number of ether oxygens (including phenoxy) is 1. The summed E-state index contributed by atoms with van der Waals surface area (Å²) in [6.45, 7) is 8.95. The lowest BCUT2D eigenvalue weighted by Gasteiger charge is -2.39. The molecule has 3 aromatic carbocycles. The number of halogens is 1. The van der Waals surface area contributed by atoms with Crippen LogP contribution < -0.4 is 19.7 Å². The van der Waals surface area contributed by atoms with Crippen LogP contribution in [0.2, 0.25) is 5.02 Å². The summed E-state index contributed by atoms with van der Waals surface area (Å²) >= 11 is 6.24. The number of nitrogens with zero attached hydrogens (tertiary/aromatic N) is 4. The maximum absolute atomic E-state index is 13.9. The molecule has 8 rings (SSSR count). The van der Waals surface area contributed by atoms with Gasteiger partial charge in [0, 0.05) is 85.2 Å². The van der Waals surface area contributed by atoms with Crippen LogP contribution in [0, 0.1) is 26.2 Å². The fourth-order valence-corrected chi connectivity index (χ4v) is 11.6. The largest absolute Gasteiger partial charge is 0.455 e. The van der Waals surface area contributed by atoms with Gasteiger partial charge in [-0.1, -0.05) is 43.2 Å². The number of aromatic nitrogens is 2. The van der Waals surface area contributed by atoms with Crippen LogP contribution in [0.15, 0.2) is 95.7 Å². The number of amides is 1. The molecule has 1 amide bonds. The van der Waals surface area contributed by atoms with E-state index in [0.717, 1.165) is 61.1 Å². The summed E-state index contributed by atoms with van der Waals surface area (Å²) in [5.41, 5.74) is 5.36. The van der Waals surface area contributed by atoms with Crippen LogP contribution in [0.5, 0.6) is 11.5 Å². The van der Waals surface area contributed by atoms with E-state index in [0.29, 0.717) is 55.4 Å². The highest BCUT2D eigenvalue weighted by Gasteiger charge is 2.31. The molecule has 5 aromatic rings. The third kappa shape index (κ3) is 10.6. The molecule has 0 radical (unpaired) electrons. The number of carbonyl (C=O) groups excluding carboxylic acids is 1. The van der Waals surface area contributed by atoms with Gasteiger partial charge in [-0.05, 0) is 103 Å². The van der Waals surface area contributed by atoms with Crippen LogP contribution in [-0.2, 0) is 20.1 Å². The number of pyridine rings is 1. The molecular weight excluding hydrogens is 864 g/mol. The summed E-state index contributed by atoms with van der Waals surface area (Å²) in [6.07, 6.45) is 7.69. The molecule has 3 aliphatic rings. The van der Waals surface area contributed by atoms with Crippen molar-refractivity contribution in [2.24, 2.45) is 11.3 Å². The smallest absolute Gasteiger partial charge is 0.293 e. The third-order valence-electron chi connectivity index (χ3n) is 12.4. The Hall–Kier alpha value is -5.33. The van der Waals surface area contributed by atoms with Crippen molar-refractivity contribution in [3.8, 4) is 11.5 Å². The predicted molar refractivity (Wildman–Crippen MR) is 250 cm³/mol. The van der Waals surface area contributed by atoms with Crippen LogP contribution in [0.25, 0.3) is 16.6 Å². The van der Waals surface area contributed by atoms with Gasteiger partial charge in [-0.2, -0.15) is 0 Å². The average Bonchev–Trinajstić information content (AvgIpc) is 3.72. The van der Waals surface area contributed by atoms with Crippen molar-refractivity contribution >= 4 is 71.3 Å². The lowest BCUT2D eigenvalue weighted by atomic mass is 9.72. The molecule has 0 saturated carbocycles. The van der Waals surface area contributed by atoms with Crippen LogP contribution in [-0.4, -0.2) is 89.4 Å². The van der Waals surface area contributed by atoms with Gasteiger partial charge in [0.15, 0.2) is 0 Å². The number of anilines is 2. The fourth-order valence-electron chi connectivity index (χ4n) is 8.70. The first-order chi connectivity index (χ1) is 30.0. The minimum Gasteiger partial charge on any atom is -0.455 e. The molecule has 0 atom stereocenters. The summed E-state index contributed by atoms with van der Waals surface area (Å²) in [5.74, 6) is 0.408. The van der Waals surface area contributed by atoms with Crippen molar-refractivity contribution in [1.82, 2.24) is 19.6 Å². The van der Waals surface area contributed by atoms with E-state index in [1.54, 1.807) is 24.4 Å². The number of benzene rings is 3. The van der Waals surface area contributed by atoms with Crippen LogP contribution in [0.1, 0.15) is 61.9 Å². The first kappa shape index (κ1) is 44.3. The van der Waals surface area contributed by atoms with Crippen molar-refractivity contribution < 1.29 is 27.4 Å². The number of allylic oxidation sites excluding steroid dienone is 1. The molecule has 18 heteroatoms. The summed E-state index contributed by atoms with van der Waals surface area (Å²) in [6, 6.07) is 20.2. The van der Waals surface area contributed by atoms with Gasteiger partial charge in [0.25, 0.3) is 21.6 Å². The number of hydrogen-bond acceptors (Lipinski definition) is 11. The second-order valence-corrected chi connectivity index (χ2v) is 22.5. The lowest BCUT2D eigenvalue weighted by molar-refractivity contribution is -0.384. The van der Waals surface area contributed by atoms with Crippen molar-refractivity contribution in [2.75, 3.05) is 61.0 Å². The first-order valence-electron chi connectivity index (χ1n) is 21.1. The number of H-pyrrole nitrogens is 1. The van der Waals surface area contributed by atoms with Gasteiger partial charge in [-0.3, -0.25) is 24.6 Å². The van der Waals surface area contributed by atoms with E-state index in [1.165, 1.54) is 41.1 Å². The summed E-state index contributed by atoms with van der Waals surface area (Å²) in [5, 5.41) is 16.7.